The molecule has 2 rings (SSSR count). The van der Waals surface area contributed by atoms with Gasteiger partial charge in [-0.25, -0.2) is 8.42 Å². The molecule has 116 valence electrons. The zero-order valence-electron chi connectivity index (χ0n) is 11.7. The maximum absolute atomic E-state index is 12.6. The average Bonchev–Trinajstić information content (AvgIpc) is 2.96. The van der Waals surface area contributed by atoms with Gasteiger partial charge in [-0.3, -0.25) is 16.0 Å². The van der Waals surface area contributed by atoms with Gasteiger partial charge in [0.25, 0.3) is 5.69 Å². The standard InChI is InChI=1S/C12H18N4O4S/c1-2-9-5-6-15(8-9)21(19,20)12-4-3-10(16(17)18)7-11(12)14-13/h3-4,7,9,14H,2,5-6,8,13H2,1H3. The predicted octanol–water partition coefficient (Wildman–Crippen LogP) is 1.30. The number of nitrogens with one attached hydrogen (secondary N) is 1. The molecule has 0 bridgehead atoms. The van der Waals surface area contributed by atoms with Gasteiger partial charge in [-0.2, -0.15) is 4.31 Å². The lowest BCUT2D eigenvalue weighted by molar-refractivity contribution is -0.384. The van der Waals surface area contributed by atoms with Crippen molar-refractivity contribution in [1.82, 2.24) is 4.31 Å². The van der Waals surface area contributed by atoms with Crippen LogP contribution in [0.15, 0.2) is 23.1 Å². The molecule has 1 saturated heterocycles. The second kappa shape index (κ2) is 5.96. The third-order valence-electron chi connectivity index (χ3n) is 3.77. The summed E-state index contributed by atoms with van der Waals surface area (Å²) in [5.41, 5.74) is 2.05. The molecule has 8 nitrogen and oxygen atoms in total. The molecule has 0 saturated carbocycles. The number of nitro groups is 1. The van der Waals surface area contributed by atoms with Crippen molar-refractivity contribution in [2.45, 2.75) is 24.7 Å². The second-order valence-electron chi connectivity index (χ2n) is 5.01. The van der Waals surface area contributed by atoms with Gasteiger partial charge in [-0.15, -0.1) is 0 Å². The molecular weight excluding hydrogens is 296 g/mol. The normalized spacial score (nSPS) is 19.6. The molecule has 9 heteroatoms. The average molecular weight is 314 g/mol. The first kappa shape index (κ1) is 15.7. The largest absolute Gasteiger partial charge is 0.323 e. The van der Waals surface area contributed by atoms with Gasteiger partial charge in [0.15, 0.2) is 0 Å². The van der Waals surface area contributed by atoms with Gasteiger partial charge in [-0.1, -0.05) is 13.3 Å². The van der Waals surface area contributed by atoms with E-state index in [1.807, 2.05) is 6.92 Å². The van der Waals surface area contributed by atoms with E-state index in [9.17, 15) is 18.5 Å². The van der Waals surface area contributed by atoms with Crippen LogP contribution in [-0.4, -0.2) is 30.7 Å². The quantitative estimate of drug-likeness (QED) is 0.480. The first-order chi connectivity index (χ1) is 9.90. The minimum absolute atomic E-state index is 0.0316. The smallest absolute Gasteiger partial charge is 0.271 e. The van der Waals surface area contributed by atoms with E-state index < -0.39 is 14.9 Å². The number of non-ortho nitro benzene ring substituents is 1. The Hall–Kier alpha value is -1.71. The highest BCUT2D eigenvalue weighted by Gasteiger charge is 2.33. The molecule has 1 aromatic carbocycles. The zero-order chi connectivity index (χ0) is 15.6. The Bertz CT molecular complexity index is 647. The van der Waals surface area contributed by atoms with Crippen LogP contribution < -0.4 is 11.3 Å². The van der Waals surface area contributed by atoms with Crippen molar-refractivity contribution in [2.75, 3.05) is 18.5 Å². The second-order valence-corrected chi connectivity index (χ2v) is 6.91. The van der Waals surface area contributed by atoms with Crippen molar-refractivity contribution < 1.29 is 13.3 Å². The molecule has 0 spiro atoms. The summed E-state index contributed by atoms with van der Waals surface area (Å²) in [7, 11) is -3.70. The molecule has 1 fully saturated rings. The fourth-order valence-electron chi connectivity index (χ4n) is 2.46. The monoisotopic (exact) mass is 314 g/mol. The topological polar surface area (TPSA) is 119 Å². The number of hydrogen-bond donors (Lipinski definition) is 2. The number of nitrogen functional groups attached to an aromatic ring is 1. The third kappa shape index (κ3) is 2.99. The molecule has 3 N–H and O–H groups in total. The fraction of sp³-hybridized carbons (Fsp3) is 0.500. The maximum Gasteiger partial charge on any atom is 0.271 e. The van der Waals surface area contributed by atoms with Crippen LogP contribution in [0.5, 0.6) is 0 Å². The van der Waals surface area contributed by atoms with E-state index >= 15 is 0 Å². The Labute approximate surface area is 123 Å². The highest BCUT2D eigenvalue weighted by molar-refractivity contribution is 7.89. The maximum atomic E-state index is 12.6. The van der Waals surface area contributed by atoms with Gasteiger partial charge in [0.2, 0.25) is 10.0 Å². The summed E-state index contributed by atoms with van der Waals surface area (Å²) in [5.74, 6) is 5.67. The Morgan fingerprint density at radius 1 is 1.52 bits per heavy atom. The van der Waals surface area contributed by atoms with E-state index in [0.29, 0.717) is 19.0 Å². The van der Waals surface area contributed by atoms with Crippen LogP contribution in [0, 0.1) is 16.0 Å². The van der Waals surface area contributed by atoms with E-state index in [1.165, 1.54) is 16.4 Å². The van der Waals surface area contributed by atoms with Gasteiger partial charge in [0.1, 0.15) is 4.90 Å². The van der Waals surface area contributed by atoms with E-state index in [-0.39, 0.29) is 16.3 Å². The summed E-state index contributed by atoms with van der Waals surface area (Å²) < 4.78 is 26.6. The number of rotatable bonds is 5. The van der Waals surface area contributed by atoms with E-state index in [4.69, 9.17) is 5.84 Å². The molecule has 1 aliphatic rings. The van der Waals surface area contributed by atoms with E-state index in [1.54, 1.807) is 0 Å². The van der Waals surface area contributed by atoms with Crippen LogP contribution in [-0.2, 0) is 10.0 Å². The summed E-state index contributed by atoms with van der Waals surface area (Å²) in [4.78, 5) is 10.1. The number of anilines is 1. The predicted molar refractivity (Wildman–Crippen MR) is 78.1 cm³/mol. The summed E-state index contributed by atoms with van der Waals surface area (Å²) in [5, 5.41) is 10.7. The Morgan fingerprint density at radius 3 is 2.76 bits per heavy atom. The number of sulfonamides is 1. The Kier molecular flexibility index (Phi) is 4.45. The number of nitro benzene ring substituents is 1. The minimum Gasteiger partial charge on any atom is -0.323 e. The lowest BCUT2D eigenvalue weighted by Gasteiger charge is -2.18. The number of nitrogens with two attached hydrogens (primary N) is 1. The lowest BCUT2D eigenvalue weighted by Crippen LogP contribution is -2.30. The SMILES string of the molecule is CCC1CCN(S(=O)(=O)c2ccc([N+](=O)[O-])cc2NN)C1. The van der Waals surface area contributed by atoms with Crippen molar-refractivity contribution in [2.24, 2.45) is 11.8 Å². The molecule has 0 aliphatic carbocycles. The van der Waals surface area contributed by atoms with Gasteiger partial charge in [0, 0.05) is 25.2 Å². The van der Waals surface area contributed by atoms with Crippen molar-refractivity contribution in [3.8, 4) is 0 Å². The highest BCUT2D eigenvalue weighted by Crippen LogP contribution is 2.31. The van der Waals surface area contributed by atoms with Crippen molar-refractivity contribution in [3.63, 3.8) is 0 Å². The number of benzene rings is 1. The van der Waals surface area contributed by atoms with Crippen molar-refractivity contribution in [1.29, 1.82) is 0 Å². The van der Waals surface area contributed by atoms with Gasteiger partial charge < -0.3 is 5.43 Å². The molecule has 1 aliphatic heterocycles. The number of nitrogens with zero attached hydrogens (tertiary/aromatic N) is 2. The number of hydrazine groups is 1. The number of hydrogen-bond acceptors (Lipinski definition) is 6. The van der Waals surface area contributed by atoms with Gasteiger partial charge >= 0.3 is 0 Å². The zero-order valence-corrected chi connectivity index (χ0v) is 12.5. The van der Waals surface area contributed by atoms with Crippen molar-refractivity contribution >= 4 is 21.4 Å². The van der Waals surface area contributed by atoms with Crippen LogP contribution in [0.3, 0.4) is 0 Å². The molecule has 1 atom stereocenters. The van der Waals surface area contributed by atoms with Gasteiger partial charge in [-0.05, 0) is 18.4 Å². The first-order valence-electron chi connectivity index (χ1n) is 6.65. The van der Waals surface area contributed by atoms with Crippen LogP contribution in [0.4, 0.5) is 11.4 Å². The molecule has 1 aromatic rings. The van der Waals surface area contributed by atoms with E-state index in [2.05, 4.69) is 5.43 Å². The third-order valence-corrected chi connectivity index (χ3v) is 5.70. The van der Waals surface area contributed by atoms with Crippen LogP contribution in [0.25, 0.3) is 0 Å². The molecule has 1 unspecified atom stereocenters. The van der Waals surface area contributed by atoms with Gasteiger partial charge in [0.05, 0.1) is 10.6 Å². The van der Waals surface area contributed by atoms with E-state index in [0.717, 1.165) is 18.9 Å². The molecule has 21 heavy (non-hydrogen) atoms. The minimum atomic E-state index is -3.70. The summed E-state index contributed by atoms with van der Waals surface area (Å²) in [6.45, 7) is 2.96. The highest BCUT2D eigenvalue weighted by atomic mass is 32.2. The molecule has 0 radical (unpaired) electrons. The van der Waals surface area contributed by atoms with Crippen molar-refractivity contribution in [3.05, 3.63) is 28.3 Å². The Morgan fingerprint density at radius 2 is 2.24 bits per heavy atom. The van der Waals surface area contributed by atoms with Crippen LogP contribution in [0.1, 0.15) is 19.8 Å². The summed E-state index contributed by atoms with van der Waals surface area (Å²) >= 11 is 0. The summed E-state index contributed by atoms with van der Waals surface area (Å²) in [6, 6.07) is 3.52. The Balaban J connectivity index is 2.38. The summed E-state index contributed by atoms with van der Waals surface area (Å²) in [6.07, 6.45) is 1.75. The molecule has 0 amide bonds. The van der Waals surface area contributed by atoms with Crippen LogP contribution in [0.2, 0.25) is 0 Å². The van der Waals surface area contributed by atoms with Crippen LogP contribution >= 0.6 is 0 Å². The molecule has 1 heterocycles. The molecular formula is C12H18N4O4S. The fourth-order valence-corrected chi connectivity index (χ4v) is 4.12. The lowest BCUT2D eigenvalue weighted by atomic mass is 10.1. The molecule has 0 aromatic heterocycles. The first-order valence-corrected chi connectivity index (χ1v) is 8.09.